The summed E-state index contributed by atoms with van der Waals surface area (Å²) in [6.45, 7) is 1.69. The van der Waals surface area contributed by atoms with E-state index >= 15 is 0 Å². The minimum Gasteiger partial charge on any atom is -0.491 e. The third-order valence-corrected chi connectivity index (χ3v) is 4.54. The number of pyridine rings is 1. The largest absolute Gasteiger partial charge is 0.491 e. The topological polar surface area (TPSA) is 94.5 Å². The molecule has 22 heavy (non-hydrogen) atoms. The zero-order valence-corrected chi connectivity index (χ0v) is 12.7. The Hall–Kier alpha value is -1.99. The van der Waals surface area contributed by atoms with Gasteiger partial charge in [0, 0.05) is 29.9 Å². The molecular weight excluding hydrogens is 304 g/mol. The molecule has 1 aromatic heterocycles. The Morgan fingerprint density at radius 3 is 3.00 bits per heavy atom. The van der Waals surface area contributed by atoms with E-state index in [1.54, 1.807) is 10.6 Å². The zero-order chi connectivity index (χ0) is 15.7. The van der Waals surface area contributed by atoms with Crippen LogP contribution in [0.4, 0.5) is 0 Å². The third-order valence-electron chi connectivity index (χ3n) is 3.53. The number of hydrogen-bond donors (Lipinski definition) is 2. The van der Waals surface area contributed by atoms with Gasteiger partial charge in [0.15, 0.2) is 0 Å². The van der Waals surface area contributed by atoms with Gasteiger partial charge in [-0.25, -0.2) is 4.79 Å². The highest BCUT2D eigenvalue weighted by Gasteiger charge is 2.20. The van der Waals surface area contributed by atoms with Gasteiger partial charge in [-0.15, -0.1) is 11.8 Å². The van der Waals surface area contributed by atoms with Crippen molar-refractivity contribution in [1.29, 1.82) is 0 Å². The first kappa shape index (κ1) is 14.9. The van der Waals surface area contributed by atoms with Crippen LogP contribution in [0.5, 0.6) is 5.75 Å². The first-order chi connectivity index (χ1) is 10.6. The van der Waals surface area contributed by atoms with Crippen LogP contribution in [0.1, 0.15) is 16.8 Å². The summed E-state index contributed by atoms with van der Waals surface area (Å²) in [7, 11) is 0. The highest BCUT2D eigenvalue weighted by Crippen LogP contribution is 2.32. The molecule has 7 heteroatoms. The fraction of sp³-hybridized carbons (Fsp3) is 0.333. The molecule has 0 saturated carbocycles. The van der Waals surface area contributed by atoms with E-state index in [2.05, 4.69) is 0 Å². The van der Waals surface area contributed by atoms with Gasteiger partial charge in [0.05, 0.1) is 17.5 Å². The molecule has 0 radical (unpaired) electrons. The minimum atomic E-state index is -1.21. The van der Waals surface area contributed by atoms with E-state index in [0.29, 0.717) is 36.3 Å². The van der Waals surface area contributed by atoms with Crippen LogP contribution in [0.2, 0.25) is 0 Å². The lowest BCUT2D eigenvalue weighted by atomic mass is 10.1. The smallest absolute Gasteiger partial charge is 0.341 e. The van der Waals surface area contributed by atoms with Crippen molar-refractivity contribution in [3.8, 4) is 5.75 Å². The van der Waals surface area contributed by atoms with Crippen LogP contribution in [-0.2, 0) is 6.54 Å². The lowest BCUT2D eigenvalue weighted by molar-refractivity contribution is 0.0695. The average molecular weight is 320 g/mol. The maximum absolute atomic E-state index is 12.5. The van der Waals surface area contributed by atoms with Crippen molar-refractivity contribution >= 4 is 28.6 Å². The Bertz CT molecular complexity index is 800. The number of nitrogens with zero attached hydrogens (tertiary/aromatic N) is 1. The van der Waals surface area contributed by atoms with Gasteiger partial charge in [-0.05, 0) is 18.6 Å². The first-order valence-corrected chi connectivity index (χ1v) is 8.00. The Morgan fingerprint density at radius 1 is 1.45 bits per heavy atom. The SMILES string of the molecule is NCCSc1cc2c3c(c1)c(=O)c(C(=O)O)cn3CCCO2. The Labute approximate surface area is 130 Å². The molecule has 1 aromatic carbocycles. The van der Waals surface area contributed by atoms with Crippen molar-refractivity contribution in [2.24, 2.45) is 5.73 Å². The van der Waals surface area contributed by atoms with Gasteiger partial charge in [-0.1, -0.05) is 0 Å². The van der Waals surface area contributed by atoms with Crippen LogP contribution in [0, 0.1) is 0 Å². The van der Waals surface area contributed by atoms with E-state index in [-0.39, 0.29) is 5.56 Å². The summed E-state index contributed by atoms with van der Waals surface area (Å²) >= 11 is 1.52. The Kier molecular flexibility index (Phi) is 4.08. The molecule has 3 rings (SSSR count). The van der Waals surface area contributed by atoms with Crippen molar-refractivity contribution in [3.05, 3.63) is 34.1 Å². The van der Waals surface area contributed by atoms with E-state index in [1.807, 2.05) is 6.07 Å². The molecule has 0 atom stereocenters. The van der Waals surface area contributed by atoms with Gasteiger partial charge >= 0.3 is 5.97 Å². The summed E-state index contributed by atoms with van der Waals surface area (Å²) in [4.78, 5) is 24.6. The van der Waals surface area contributed by atoms with E-state index in [0.717, 1.165) is 17.1 Å². The van der Waals surface area contributed by atoms with Crippen molar-refractivity contribution < 1.29 is 14.6 Å². The summed E-state index contributed by atoms with van der Waals surface area (Å²) < 4.78 is 7.55. The Morgan fingerprint density at radius 2 is 2.27 bits per heavy atom. The number of rotatable bonds is 4. The van der Waals surface area contributed by atoms with Crippen LogP contribution in [0.15, 0.2) is 28.0 Å². The van der Waals surface area contributed by atoms with E-state index < -0.39 is 11.4 Å². The summed E-state index contributed by atoms with van der Waals surface area (Å²) in [5.74, 6) is 0.142. The highest BCUT2D eigenvalue weighted by atomic mass is 32.2. The molecule has 0 saturated heterocycles. The monoisotopic (exact) mass is 320 g/mol. The number of nitrogens with two attached hydrogens (primary N) is 1. The van der Waals surface area contributed by atoms with Crippen LogP contribution in [-0.4, -0.2) is 34.5 Å². The quantitative estimate of drug-likeness (QED) is 0.830. The average Bonchev–Trinajstić information content (AvgIpc) is 2.71. The van der Waals surface area contributed by atoms with Gasteiger partial charge in [0.25, 0.3) is 0 Å². The number of thioether (sulfide) groups is 1. The van der Waals surface area contributed by atoms with Crippen LogP contribution in [0.3, 0.4) is 0 Å². The number of carboxylic acids is 1. The fourth-order valence-electron chi connectivity index (χ4n) is 2.59. The molecule has 116 valence electrons. The van der Waals surface area contributed by atoms with E-state index in [4.69, 9.17) is 10.5 Å². The number of benzene rings is 1. The van der Waals surface area contributed by atoms with Gasteiger partial charge in [-0.3, -0.25) is 4.79 Å². The number of aromatic carboxylic acids is 1. The summed E-state index contributed by atoms with van der Waals surface area (Å²) in [5, 5.41) is 9.63. The molecule has 0 amide bonds. The molecule has 6 nitrogen and oxygen atoms in total. The molecule has 2 aromatic rings. The second kappa shape index (κ2) is 6.02. The van der Waals surface area contributed by atoms with Gasteiger partial charge in [0.2, 0.25) is 5.43 Å². The molecule has 1 aliphatic rings. The lowest BCUT2D eigenvalue weighted by Gasteiger charge is -2.13. The summed E-state index contributed by atoms with van der Waals surface area (Å²) in [6.07, 6.45) is 2.18. The maximum atomic E-state index is 12.5. The predicted molar refractivity (Wildman–Crippen MR) is 85.1 cm³/mol. The van der Waals surface area contributed by atoms with E-state index in [1.165, 1.54) is 18.0 Å². The third kappa shape index (κ3) is 2.57. The molecule has 0 unspecified atom stereocenters. The van der Waals surface area contributed by atoms with Gasteiger partial charge in [-0.2, -0.15) is 0 Å². The normalized spacial score (nSPS) is 13.7. The van der Waals surface area contributed by atoms with Crippen molar-refractivity contribution in [2.45, 2.75) is 17.9 Å². The van der Waals surface area contributed by atoms with Crippen LogP contribution < -0.4 is 15.9 Å². The number of carbonyl (C=O) groups is 1. The Balaban J connectivity index is 2.31. The molecule has 0 fully saturated rings. The number of ether oxygens (including phenoxy) is 1. The zero-order valence-electron chi connectivity index (χ0n) is 11.9. The van der Waals surface area contributed by atoms with Crippen LogP contribution in [0.25, 0.3) is 10.9 Å². The molecule has 0 bridgehead atoms. The second-order valence-electron chi connectivity index (χ2n) is 5.03. The van der Waals surface area contributed by atoms with Crippen molar-refractivity contribution in [3.63, 3.8) is 0 Å². The first-order valence-electron chi connectivity index (χ1n) is 7.02. The number of carboxylic acid groups (broad SMARTS) is 1. The number of hydrogen-bond acceptors (Lipinski definition) is 5. The van der Waals surface area contributed by atoms with Gasteiger partial charge < -0.3 is 20.1 Å². The molecule has 1 aliphatic heterocycles. The molecule has 0 aliphatic carbocycles. The fourth-order valence-corrected chi connectivity index (χ4v) is 3.34. The van der Waals surface area contributed by atoms with Crippen LogP contribution >= 0.6 is 11.8 Å². The van der Waals surface area contributed by atoms with Gasteiger partial charge in [0.1, 0.15) is 11.3 Å². The second-order valence-corrected chi connectivity index (χ2v) is 6.20. The standard InChI is InChI=1S/C15H16N2O4S/c16-2-5-22-9-6-10-13-12(7-9)21-4-1-3-17(13)8-11(14(10)18)15(19)20/h6-8H,1-5,16H2,(H,19,20). The number of aryl methyl sites for hydroxylation is 1. The lowest BCUT2D eigenvalue weighted by Crippen LogP contribution is -2.18. The van der Waals surface area contributed by atoms with Crippen molar-refractivity contribution in [2.75, 3.05) is 18.9 Å². The minimum absolute atomic E-state index is 0.207. The summed E-state index contributed by atoms with van der Waals surface area (Å²) in [6, 6.07) is 3.63. The molecule has 2 heterocycles. The predicted octanol–water partition coefficient (Wildman–Crippen LogP) is 1.53. The number of aromatic nitrogens is 1. The molecule has 3 N–H and O–H groups in total. The highest BCUT2D eigenvalue weighted by molar-refractivity contribution is 7.99. The van der Waals surface area contributed by atoms with Crippen molar-refractivity contribution in [1.82, 2.24) is 4.57 Å². The maximum Gasteiger partial charge on any atom is 0.341 e. The molecular formula is C15H16N2O4S. The summed E-state index contributed by atoms with van der Waals surface area (Å²) in [5.41, 5.74) is 5.51. The van der Waals surface area contributed by atoms with E-state index in [9.17, 15) is 14.7 Å². The molecule has 0 spiro atoms.